The molecule has 1 aliphatic rings. The number of carboxylic acids is 1. The van der Waals surface area contributed by atoms with Gasteiger partial charge >= 0.3 is 12.1 Å². The van der Waals surface area contributed by atoms with Gasteiger partial charge in [0.25, 0.3) is 0 Å². The first-order valence-corrected chi connectivity index (χ1v) is 6.81. The normalized spacial score (nSPS) is 21.1. The summed E-state index contributed by atoms with van der Waals surface area (Å²) < 4.78 is 36.4. The second kappa shape index (κ2) is 6.59. The zero-order valence-corrected chi connectivity index (χ0v) is 11.2. The summed E-state index contributed by atoms with van der Waals surface area (Å²) >= 11 is 0. The van der Waals surface area contributed by atoms with Crippen molar-refractivity contribution in [1.29, 1.82) is 0 Å². The van der Waals surface area contributed by atoms with Crippen molar-refractivity contribution in [3.63, 3.8) is 0 Å². The molecule has 0 aromatic heterocycles. The van der Waals surface area contributed by atoms with Crippen molar-refractivity contribution in [2.45, 2.75) is 76.0 Å². The van der Waals surface area contributed by atoms with Crippen molar-refractivity contribution in [2.24, 2.45) is 0 Å². The molecule has 0 heterocycles. The van der Waals surface area contributed by atoms with E-state index < -0.39 is 24.1 Å². The van der Waals surface area contributed by atoms with Gasteiger partial charge in [-0.3, -0.25) is 10.1 Å². The van der Waals surface area contributed by atoms with Gasteiger partial charge in [0.2, 0.25) is 0 Å². The number of carboxylic acid groups (broad SMARTS) is 1. The molecular weight excluding hydrogens is 259 g/mol. The number of halogens is 3. The van der Waals surface area contributed by atoms with E-state index in [-0.39, 0.29) is 18.9 Å². The summed E-state index contributed by atoms with van der Waals surface area (Å²) in [7, 11) is 0. The lowest BCUT2D eigenvalue weighted by Gasteiger charge is -2.33. The predicted octanol–water partition coefficient (Wildman–Crippen LogP) is 3.48. The minimum Gasteiger partial charge on any atom is -0.480 e. The molecule has 0 saturated heterocycles. The van der Waals surface area contributed by atoms with E-state index in [1.807, 2.05) is 0 Å². The second-order valence-electron chi connectivity index (χ2n) is 5.59. The van der Waals surface area contributed by atoms with Crippen LogP contribution < -0.4 is 5.32 Å². The standard InChI is InChI=1S/C13H22F3NO2/c1-12(11(18)19,8-5-9-13(14,15)16)17-10-6-3-2-4-7-10/h10,17H,2-9H2,1H3,(H,18,19). The summed E-state index contributed by atoms with van der Waals surface area (Å²) in [5, 5.41) is 12.3. The number of alkyl halides is 3. The average Bonchev–Trinajstić information content (AvgIpc) is 2.28. The fraction of sp³-hybridized carbons (Fsp3) is 0.923. The maximum Gasteiger partial charge on any atom is 0.389 e. The predicted molar refractivity (Wildman–Crippen MR) is 66.0 cm³/mol. The van der Waals surface area contributed by atoms with Crippen LogP contribution in [0.15, 0.2) is 0 Å². The largest absolute Gasteiger partial charge is 0.480 e. The summed E-state index contributed by atoms with van der Waals surface area (Å²) in [5.41, 5.74) is -1.26. The van der Waals surface area contributed by atoms with Crippen LogP contribution in [0.5, 0.6) is 0 Å². The van der Waals surface area contributed by atoms with Crippen LogP contribution in [0.2, 0.25) is 0 Å². The molecule has 0 aromatic carbocycles. The summed E-state index contributed by atoms with van der Waals surface area (Å²) in [5.74, 6) is -1.07. The minimum atomic E-state index is -4.22. The summed E-state index contributed by atoms with van der Waals surface area (Å²) in [6.07, 6.45) is -0.247. The van der Waals surface area contributed by atoms with E-state index in [2.05, 4.69) is 5.32 Å². The number of carbonyl (C=O) groups is 1. The molecule has 0 radical (unpaired) electrons. The second-order valence-corrected chi connectivity index (χ2v) is 5.59. The van der Waals surface area contributed by atoms with Crippen molar-refractivity contribution in [2.75, 3.05) is 0 Å². The maximum atomic E-state index is 12.1. The molecule has 1 saturated carbocycles. The van der Waals surface area contributed by atoms with Gasteiger partial charge in [-0.2, -0.15) is 13.2 Å². The third-order valence-electron chi connectivity index (χ3n) is 3.74. The Bertz CT molecular complexity index is 301. The number of hydrogen-bond acceptors (Lipinski definition) is 2. The highest BCUT2D eigenvalue weighted by molar-refractivity contribution is 5.78. The lowest BCUT2D eigenvalue weighted by molar-refractivity contribution is -0.148. The molecule has 2 N–H and O–H groups in total. The first-order chi connectivity index (χ1) is 8.73. The molecule has 0 bridgehead atoms. The SMILES string of the molecule is CC(CCCC(F)(F)F)(NC1CCCCC1)C(=O)O. The van der Waals surface area contributed by atoms with Gasteiger partial charge in [0.15, 0.2) is 0 Å². The summed E-state index contributed by atoms with van der Waals surface area (Å²) in [4.78, 5) is 11.3. The fourth-order valence-electron chi connectivity index (χ4n) is 2.58. The van der Waals surface area contributed by atoms with E-state index in [1.165, 1.54) is 6.92 Å². The van der Waals surface area contributed by atoms with Gasteiger partial charge < -0.3 is 5.11 Å². The molecule has 0 aromatic rings. The van der Waals surface area contributed by atoms with Crippen molar-refractivity contribution >= 4 is 5.97 Å². The van der Waals surface area contributed by atoms with Crippen molar-refractivity contribution in [3.8, 4) is 0 Å². The highest BCUT2D eigenvalue weighted by Crippen LogP contribution is 2.27. The Morgan fingerprint density at radius 3 is 2.26 bits per heavy atom. The molecule has 0 amide bonds. The number of rotatable bonds is 6. The van der Waals surface area contributed by atoms with Gasteiger partial charge in [0.1, 0.15) is 5.54 Å². The van der Waals surface area contributed by atoms with E-state index in [0.717, 1.165) is 32.1 Å². The van der Waals surface area contributed by atoms with Crippen LogP contribution in [-0.2, 0) is 4.79 Å². The van der Waals surface area contributed by atoms with Crippen molar-refractivity contribution in [3.05, 3.63) is 0 Å². The quantitative estimate of drug-likeness (QED) is 0.783. The maximum absolute atomic E-state index is 12.1. The molecule has 0 spiro atoms. The Morgan fingerprint density at radius 1 is 1.21 bits per heavy atom. The van der Waals surface area contributed by atoms with Crippen LogP contribution in [-0.4, -0.2) is 28.8 Å². The van der Waals surface area contributed by atoms with Gasteiger partial charge in [0.05, 0.1) is 0 Å². The Balaban J connectivity index is 2.50. The average molecular weight is 281 g/mol. The van der Waals surface area contributed by atoms with Crippen LogP contribution in [0.1, 0.15) is 58.3 Å². The number of aliphatic carboxylic acids is 1. The lowest BCUT2D eigenvalue weighted by atomic mass is 9.89. The molecule has 1 rings (SSSR count). The van der Waals surface area contributed by atoms with E-state index in [1.54, 1.807) is 0 Å². The van der Waals surface area contributed by atoms with Crippen LogP contribution >= 0.6 is 0 Å². The highest BCUT2D eigenvalue weighted by Gasteiger charge is 2.36. The third kappa shape index (κ3) is 5.80. The van der Waals surface area contributed by atoms with Crippen molar-refractivity contribution < 1.29 is 23.1 Å². The molecule has 3 nitrogen and oxygen atoms in total. The summed E-state index contributed by atoms with van der Waals surface area (Å²) in [6.45, 7) is 1.49. The van der Waals surface area contributed by atoms with Crippen molar-refractivity contribution in [1.82, 2.24) is 5.32 Å². The Labute approximate surface area is 111 Å². The zero-order chi connectivity index (χ0) is 14.5. The topological polar surface area (TPSA) is 49.3 Å². The van der Waals surface area contributed by atoms with Crippen LogP contribution in [0.4, 0.5) is 13.2 Å². The van der Waals surface area contributed by atoms with Gasteiger partial charge in [-0.1, -0.05) is 19.3 Å². The number of hydrogen-bond donors (Lipinski definition) is 2. The van der Waals surface area contributed by atoms with Crippen LogP contribution in [0.3, 0.4) is 0 Å². The Hall–Kier alpha value is -0.780. The van der Waals surface area contributed by atoms with E-state index in [9.17, 15) is 23.1 Å². The molecule has 0 aliphatic heterocycles. The number of nitrogens with one attached hydrogen (secondary N) is 1. The van der Waals surface area contributed by atoms with Gasteiger partial charge in [-0.05, 0) is 32.6 Å². The van der Waals surface area contributed by atoms with Gasteiger partial charge in [-0.25, -0.2) is 0 Å². The van der Waals surface area contributed by atoms with Crippen LogP contribution in [0, 0.1) is 0 Å². The lowest BCUT2D eigenvalue weighted by Crippen LogP contribution is -2.54. The highest BCUT2D eigenvalue weighted by atomic mass is 19.4. The third-order valence-corrected chi connectivity index (χ3v) is 3.74. The van der Waals surface area contributed by atoms with Gasteiger partial charge in [-0.15, -0.1) is 0 Å². The zero-order valence-electron chi connectivity index (χ0n) is 11.2. The van der Waals surface area contributed by atoms with Crippen LogP contribution in [0.25, 0.3) is 0 Å². The molecule has 1 aliphatic carbocycles. The Kier molecular flexibility index (Phi) is 5.64. The minimum absolute atomic E-state index is 0.00164. The molecule has 112 valence electrons. The van der Waals surface area contributed by atoms with E-state index >= 15 is 0 Å². The summed E-state index contributed by atoms with van der Waals surface area (Å²) in [6, 6.07) is 0.112. The molecule has 19 heavy (non-hydrogen) atoms. The molecule has 1 fully saturated rings. The Morgan fingerprint density at radius 2 is 1.79 bits per heavy atom. The monoisotopic (exact) mass is 281 g/mol. The molecule has 6 heteroatoms. The molecular formula is C13H22F3NO2. The molecule has 1 unspecified atom stereocenters. The smallest absolute Gasteiger partial charge is 0.389 e. The van der Waals surface area contributed by atoms with Gasteiger partial charge in [0, 0.05) is 12.5 Å². The van der Waals surface area contributed by atoms with E-state index in [4.69, 9.17) is 0 Å². The van der Waals surface area contributed by atoms with E-state index in [0.29, 0.717) is 0 Å². The fourth-order valence-corrected chi connectivity index (χ4v) is 2.58. The first kappa shape index (κ1) is 16.3. The first-order valence-electron chi connectivity index (χ1n) is 6.81. The molecule has 1 atom stereocenters.